The summed E-state index contributed by atoms with van der Waals surface area (Å²) < 4.78 is 5.45. The van der Waals surface area contributed by atoms with Crippen LogP contribution in [0.3, 0.4) is 0 Å². The summed E-state index contributed by atoms with van der Waals surface area (Å²) in [6.07, 6.45) is 3.86. The second kappa shape index (κ2) is 7.74. The number of aromatic nitrogens is 2. The highest BCUT2D eigenvalue weighted by atomic mass is 32.2. The minimum absolute atomic E-state index is 0.0488. The van der Waals surface area contributed by atoms with Crippen LogP contribution < -0.4 is 5.63 Å². The van der Waals surface area contributed by atoms with Gasteiger partial charge in [-0.05, 0) is 43.5 Å². The van der Waals surface area contributed by atoms with Crippen molar-refractivity contribution in [3.8, 4) is 16.9 Å². The summed E-state index contributed by atoms with van der Waals surface area (Å²) in [7, 11) is 0. The van der Waals surface area contributed by atoms with Crippen LogP contribution in [0.5, 0.6) is 5.75 Å². The lowest BCUT2D eigenvalue weighted by Crippen LogP contribution is -2.08. The van der Waals surface area contributed by atoms with Gasteiger partial charge in [0.05, 0.1) is 0 Å². The fourth-order valence-corrected chi connectivity index (χ4v) is 3.82. The molecular weight excluding hydrogens is 348 g/mol. The second-order valence-electron chi connectivity index (χ2n) is 6.16. The van der Waals surface area contributed by atoms with Crippen LogP contribution in [-0.4, -0.2) is 20.8 Å². The van der Waals surface area contributed by atoms with Crippen molar-refractivity contribution < 1.29 is 9.52 Å². The number of rotatable bonds is 5. The predicted octanol–water partition coefficient (Wildman–Crippen LogP) is 4.06. The van der Waals surface area contributed by atoms with E-state index in [2.05, 4.69) is 9.97 Å². The number of benzene rings is 1. The number of hydrogen-bond donors (Lipinski definition) is 1. The van der Waals surface area contributed by atoms with Gasteiger partial charge in [0, 0.05) is 30.6 Å². The summed E-state index contributed by atoms with van der Waals surface area (Å²) in [5, 5.41) is 11.1. The summed E-state index contributed by atoms with van der Waals surface area (Å²) in [6.45, 7) is 5.86. The molecule has 134 valence electrons. The molecule has 0 bridgehead atoms. The molecule has 0 aliphatic carbocycles. The van der Waals surface area contributed by atoms with Crippen LogP contribution in [0.4, 0.5) is 0 Å². The minimum atomic E-state index is -0.518. The molecule has 0 saturated carbocycles. The Bertz CT molecular complexity index is 961. The molecule has 1 aromatic carbocycles. The molecule has 3 rings (SSSR count). The molecule has 0 amide bonds. The van der Waals surface area contributed by atoms with Crippen molar-refractivity contribution in [2.24, 2.45) is 0 Å². The molecule has 5 nitrogen and oxygen atoms in total. The normalized spacial score (nSPS) is 10.9. The highest BCUT2D eigenvalue weighted by Crippen LogP contribution is 2.32. The van der Waals surface area contributed by atoms with Crippen molar-refractivity contribution in [3.05, 3.63) is 69.5 Å². The quantitative estimate of drug-likeness (QED) is 0.540. The maximum absolute atomic E-state index is 12.5. The number of hydrogen-bond acceptors (Lipinski definition) is 6. The monoisotopic (exact) mass is 368 g/mol. The van der Waals surface area contributed by atoms with Gasteiger partial charge in [-0.25, -0.2) is 14.8 Å². The number of aromatic hydroxyl groups is 1. The van der Waals surface area contributed by atoms with Crippen molar-refractivity contribution in [2.45, 2.75) is 32.3 Å². The van der Waals surface area contributed by atoms with Crippen LogP contribution in [0.2, 0.25) is 0 Å². The van der Waals surface area contributed by atoms with E-state index in [-0.39, 0.29) is 11.3 Å². The molecule has 1 N–H and O–H groups in total. The highest BCUT2D eigenvalue weighted by molar-refractivity contribution is 7.99. The van der Waals surface area contributed by atoms with E-state index in [1.54, 1.807) is 18.5 Å². The summed E-state index contributed by atoms with van der Waals surface area (Å²) >= 11 is 1.47. The van der Waals surface area contributed by atoms with Gasteiger partial charge in [-0.3, -0.25) is 0 Å². The largest absolute Gasteiger partial charge is 0.507 e. The lowest BCUT2D eigenvalue weighted by atomic mass is 9.94. The van der Waals surface area contributed by atoms with E-state index < -0.39 is 5.63 Å². The Morgan fingerprint density at radius 1 is 1.04 bits per heavy atom. The fraction of sp³-hybridized carbons (Fsp3) is 0.250. The first-order valence-corrected chi connectivity index (χ1v) is 9.28. The number of thioether (sulfide) groups is 1. The molecule has 0 radical (unpaired) electrons. The van der Waals surface area contributed by atoms with Gasteiger partial charge in [0.1, 0.15) is 17.1 Å². The zero-order chi connectivity index (χ0) is 18.7. The molecule has 0 fully saturated rings. The van der Waals surface area contributed by atoms with Gasteiger partial charge in [0.25, 0.3) is 0 Å². The van der Waals surface area contributed by atoms with E-state index in [1.807, 2.05) is 32.9 Å². The highest BCUT2D eigenvalue weighted by Gasteiger charge is 2.17. The molecule has 2 aromatic heterocycles. The first-order valence-electron chi connectivity index (χ1n) is 8.29. The van der Waals surface area contributed by atoms with Crippen LogP contribution in [-0.2, 0) is 6.42 Å². The summed E-state index contributed by atoms with van der Waals surface area (Å²) in [4.78, 5) is 20.8. The lowest BCUT2D eigenvalue weighted by Gasteiger charge is -2.12. The van der Waals surface area contributed by atoms with E-state index in [9.17, 15) is 9.90 Å². The Morgan fingerprint density at radius 3 is 2.31 bits per heavy atom. The molecule has 3 aromatic rings. The van der Waals surface area contributed by atoms with Gasteiger partial charge in [0.2, 0.25) is 0 Å². The second-order valence-corrected chi connectivity index (χ2v) is 7.23. The van der Waals surface area contributed by atoms with Gasteiger partial charge < -0.3 is 9.52 Å². The summed E-state index contributed by atoms with van der Waals surface area (Å²) in [5.74, 6) is 1.04. The first kappa shape index (κ1) is 18.2. The fourth-order valence-electron chi connectivity index (χ4n) is 3.06. The molecule has 0 spiro atoms. The molecule has 6 heteroatoms. The predicted molar refractivity (Wildman–Crippen MR) is 103 cm³/mol. The molecule has 26 heavy (non-hydrogen) atoms. The average molecular weight is 368 g/mol. The van der Waals surface area contributed by atoms with E-state index in [1.165, 1.54) is 17.8 Å². The van der Waals surface area contributed by atoms with Gasteiger partial charge in [-0.15, -0.1) is 0 Å². The van der Waals surface area contributed by atoms with Gasteiger partial charge >= 0.3 is 5.63 Å². The van der Waals surface area contributed by atoms with E-state index in [4.69, 9.17) is 4.42 Å². The van der Waals surface area contributed by atoms with E-state index in [0.717, 1.165) is 22.3 Å². The Labute approximate surface area is 156 Å². The average Bonchev–Trinajstić information content (AvgIpc) is 2.57. The van der Waals surface area contributed by atoms with Crippen molar-refractivity contribution in [2.75, 3.05) is 5.75 Å². The van der Waals surface area contributed by atoms with Crippen molar-refractivity contribution in [3.63, 3.8) is 0 Å². The molecule has 0 unspecified atom stereocenters. The Balaban J connectivity index is 1.84. The van der Waals surface area contributed by atoms with Gasteiger partial charge in [0.15, 0.2) is 5.16 Å². The number of nitrogens with zero attached hydrogens (tertiary/aromatic N) is 2. The zero-order valence-electron chi connectivity index (χ0n) is 14.9. The third-order valence-corrected chi connectivity index (χ3v) is 4.91. The Morgan fingerprint density at radius 2 is 1.69 bits per heavy atom. The van der Waals surface area contributed by atoms with Crippen LogP contribution >= 0.6 is 11.8 Å². The third kappa shape index (κ3) is 3.96. The van der Waals surface area contributed by atoms with Crippen LogP contribution in [0, 0.1) is 20.8 Å². The van der Waals surface area contributed by atoms with Crippen LogP contribution in [0.15, 0.2) is 51.0 Å². The topological polar surface area (TPSA) is 76.2 Å². The molecule has 0 saturated heterocycles. The maximum Gasteiger partial charge on any atom is 0.347 e. The van der Waals surface area contributed by atoms with E-state index in [0.29, 0.717) is 23.1 Å². The first-order chi connectivity index (χ1) is 12.5. The number of aryl methyl sites for hydroxylation is 4. The summed E-state index contributed by atoms with van der Waals surface area (Å²) in [5.41, 5.74) is 3.44. The molecular formula is C20H20N2O3S. The molecule has 2 heterocycles. The standard InChI is InChI=1S/C20H20N2O3S/c1-12-9-13(2)17(14(3)10-12)18-16(23)11-15(25-19(18)24)5-8-26-20-21-6-4-7-22-20/h4,6-7,9-11,23H,5,8H2,1-3H3. The lowest BCUT2D eigenvalue weighted by molar-refractivity contribution is 0.430. The minimum Gasteiger partial charge on any atom is -0.507 e. The SMILES string of the molecule is Cc1cc(C)c(-c2c(O)cc(CCSc3ncccn3)oc2=O)c(C)c1. The van der Waals surface area contributed by atoms with Crippen molar-refractivity contribution in [1.29, 1.82) is 0 Å². The maximum atomic E-state index is 12.5. The zero-order valence-corrected chi connectivity index (χ0v) is 15.8. The van der Waals surface area contributed by atoms with Crippen molar-refractivity contribution >= 4 is 11.8 Å². The summed E-state index contributed by atoms with van der Waals surface area (Å²) in [6, 6.07) is 7.27. The van der Waals surface area contributed by atoms with Gasteiger partial charge in [-0.1, -0.05) is 29.5 Å². The Kier molecular flexibility index (Phi) is 5.42. The Hall–Kier alpha value is -2.60. The molecule has 0 aliphatic heterocycles. The van der Waals surface area contributed by atoms with Crippen molar-refractivity contribution in [1.82, 2.24) is 9.97 Å². The van der Waals surface area contributed by atoms with E-state index >= 15 is 0 Å². The third-order valence-electron chi connectivity index (χ3n) is 4.03. The van der Waals surface area contributed by atoms with Gasteiger partial charge in [-0.2, -0.15) is 0 Å². The van der Waals surface area contributed by atoms with Crippen LogP contribution in [0.25, 0.3) is 11.1 Å². The smallest absolute Gasteiger partial charge is 0.347 e. The molecule has 0 atom stereocenters. The molecule has 0 aliphatic rings. The van der Waals surface area contributed by atoms with Crippen LogP contribution in [0.1, 0.15) is 22.5 Å².